The Balaban J connectivity index is 1.44. The Morgan fingerprint density at radius 1 is 0.815 bits per heavy atom. The minimum Gasteiger partial charge on any atom is -0.473 e. The molecule has 1 heterocycles. The smallest absolute Gasteiger partial charge is 0.161 e. The largest absolute Gasteiger partial charge is 0.473 e. The molecule has 0 saturated heterocycles. The van der Waals surface area contributed by atoms with Gasteiger partial charge >= 0.3 is 0 Å². The molecule has 0 N–H and O–H groups in total. The Hall–Kier alpha value is -2.74. The quantitative estimate of drug-likeness (QED) is 0.576. The standard InChI is InChI=1S/C25H27NO/c1-25(2,3)22-12-8-19(9-13-22)16-20-10-14-23(15-11-20)26-17-21-6-4-5-7-24(21)27-18-26/h4-15H,16-18H2,1-3H3. The molecule has 4 rings (SSSR count). The molecule has 1 aliphatic rings. The highest BCUT2D eigenvalue weighted by atomic mass is 16.5. The first kappa shape index (κ1) is 17.7. The van der Waals surface area contributed by atoms with Gasteiger partial charge in [0.1, 0.15) is 5.75 Å². The van der Waals surface area contributed by atoms with Gasteiger partial charge in [-0.2, -0.15) is 0 Å². The summed E-state index contributed by atoms with van der Waals surface area (Å²) in [5.41, 5.74) is 6.72. The van der Waals surface area contributed by atoms with Crippen LogP contribution in [0.2, 0.25) is 0 Å². The molecule has 0 atom stereocenters. The van der Waals surface area contributed by atoms with E-state index in [0.29, 0.717) is 6.73 Å². The van der Waals surface area contributed by atoms with E-state index in [0.717, 1.165) is 18.7 Å². The van der Waals surface area contributed by atoms with E-state index in [1.807, 2.05) is 12.1 Å². The number of rotatable bonds is 3. The number of anilines is 1. The number of nitrogens with zero attached hydrogens (tertiary/aromatic N) is 1. The number of hydrogen-bond acceptors (Lipinski definition) is 2. The summed E-state index contributed by atoms with van der Waals surface area (Å²) in [5.74, 6) is 1.00. The molecule has 0 fully saturated rings. The maximum absolute atomic E-state index is 5.88. The summed E-state index contributed by atoms with van der Waals surface area (Å²) in [4.78, 5) is 2.27. The van der Waals surface area contributed by atoms with E-state index >= 15 is 0 Å². The third-order valence-corrected chi connectivity index (χ3v) is 5.24. The molecule has 138 valence electrons. The van der Waals surface area contributed by atoms with Crippen LogP contribution in [-0.4, -0.2) is 6.73 Å². The number of hydrogen-bond donors (Lipinski definition) is 0. The van der Waals surface area contributed by atoms with Crippen LogP contribution < -0.4 is 9.64 Å². The first-order valence-corrected chi connectivity index (χ1v) is 9.63. The van der Waals surface area contributed by atoms with Crippen LogP contribution in [0.5, 0.6) is 5.75 Å². The molecule has 0 bridgehead atoms. The second kappa shape index (κ2) is 7.11. The van der Waals surface area contributed by atoms with Gasteiger partial charge in [0.25, 0.3) is 0 Å². The molecular formula is C25H27NO. The van der Waals surface area contributed by atoms with Crippen molar-refractivity contribution in [2.45, 2.75) is 39.2 Å². The van der Waals surface area contributed by atoms with Crippen molar-refractivity contribution in [3.05, 3.63) is 95.1 Å². The molecule has 0 aliphatic carbocycles. The maximum atomic E-state index is 5.88. The van der Waals surface area contributed by atoms with Crippen LogP contribution in [-0.2, 0) is 18.4 Å². The zero-order valence-corrected chi connectivity index (χ0v) is 16.4. The van der Waals surface area contributed by atoms with E-state index in [2.05, 4.69) is 86.3 Å². The Labute approximate surface area is 162 Å². The van der Waals surface area contributed by atoms with Gasteiger partial charge in [-0.1, -0.05) is 75.4 Å². The van der Waals surface area contributed by atoms with Gasteiger partial charge in [0.05, 0.1) is 0 Å². The van der Waals surface area contributed by atoms with Crippen molar-refractivity contribution < 1.29 is 4.74 Å². The highest BCUT2D eigenvalue weighted by Gasteiger charge is 2.17. The SMILES string of the molecule is CC(C)(C)c1ccc(Cc2ccc(N3COc4ccccc4C3)cc2)cc1. The minimum absolute atomic E-state index is 0.204. The lowest BCUT2D eigenvalue weighted by atomic mass is 9.86. The van der Waals surface area contributed by atoms with Crippen LogP contribution in [0.25, 0.3) is 0 Å². The lowest BCUT2D eigenvalue weighted by Crippen LogP contribution is -2.31. The highest BCUT2D eigenvalue weighted by molar-refractivity contribution is 5.51. The number of para-hydroxylation sites is 1. The molecule has 0 aromatic heterocycles. The summed E-state index contributed by atoms with van der Waals surface area (Å²) in [5, 5.41) is 0. The molecule has 0 amide bonds. The topological polar surface area (TPSA) is 12.5 Å². The monoisotopic (exact) mass is 357 g/mol. The molecule has 0 radical (unpaired) electrons. The van der Waals surface area contributed by atoms with Gasteiger partial charge in [0.15, 0.2) is 6.73 Å². The van der Waals surface area contributed by atoms with Crippen molar-refractivity contribution in [3.8, 4) is 5.75 Å². The van der Waals surface area contributed by atoms with Crippen molar-refractivity contribution in [2.75, 3.05) is 11.6 Å². The molecule has 1 aliphatic heterocycles. The number of benzene rings is 3. The molecular weight excluding hydrogens is 330 g/mol. The van der Waals surface area contributed by atoms with Crippen LogP contribution >= 0.6 is 0 Å². The highest BCUT2D eigenvalue weighted by Crippen LogP contribution is 2.28. The van der Waals surface area contributed by atoms with Crippen molar-refractivity contribution in [1.29, 1.82) is 0 Å². The fourth-order valence-corrected chi connectivity index (χ4v) is 3.52. The Bertz CT molecular complexity index is 904. The van der Waals surface area contributed by atoms with Crippen LogP contribution in [0.4, 0.5) is 5.69 Å². The van der Waals surface area contributed by atoms with Gasteiger partial charge in [-0.05, 0) is 46.7 Å². The van der Waals surface area contributed by atoms with Gasteiger partial charge in [-0.25, -0.2) is 0 Å². The third-order valence-electron chi connectivity index (χ3n) is 5.24. The second-order valence-electron chi connectivity index (χ2n) is 8.37. The minimum atomic E-state index is 0.204. The Morgan fingerprint density at radius 2 is 1.44 bits per heavy atom. The molecule has 27 heavy (non-hydrogen) atoms. The fraction of sp³-hybridized carbons (Fsp3) is 0.280. The van der Waals surface area contributed by atoms with Gasteiger partial charge < -0.3 is 9.64 Å². The van der Waals surface area contributed by atoms with E-state index in [4.69, 9.17) is 4.74 Å². The number of fused-ring (bicyclic) bond motifs is 1. The second-order valence-corrected chi connectivity index (χ2v) is 8.37. The molecule has 3 aromatic carbocycles. The molecule has 2 nitrogen and oxygen atoms in total. The van der Waals surface area contributed by atoms with Gasteiger partial charge in [-0.3, -0.25) is 0 Å². The van der Waals surface area contributed by atoms with Crippen molar-refractivity contribution in [2.24, 2.45) is 0 Å². The predicted molar refractivity (Wildman–Crippen MR) is 113 cm³/mol. The predicted octanol–water partition coefficient (Wildman–Crippen LogP) is 5.93. The van der Waals surface area contributed by atoms with E-state index in [9.17, 15) is 0 Å². The van der Waals surface area contributed by atoms with Crippen molar-refractivity contribution in [1.82, 2.24) is 0 Å². The number of ether oxygens (including phenoxy) is 1. The molecule has 3 aromatic rings. The van der Waals surface area contributed by atoms with Gasteiger partial charge in [0, 0.05) is 17.8 Å². The summed E-state index contributed by atoms with van der Waals surface area (Å²) in [6.07, 6.45) is 0.962. The van der Waals surface area contributed by atoms with Gasteiger partial charge in [-0.15, -0.1) is 0 Å². The summed E-state index contributed by atoms with van der Waals surface area (Å²) in [7, 11) is 0. The van der Waals surface area contributed by atoms with Crippen LogP contribution in [0.15, 0.2) is 72.8 Å². The summed E-state index contributed by atoms with van der Waals surface area (Å²) in [6, 6.07) is 26.2. The zero-order chi connectivity index (χ0) is 18.9. The summed E-state index contributed by atoms with van der Waals surface area (Å²) < 4.78 is 5.88. The van der Waals surface area contributed by atoms with E-state index in [-0.39, 0.29) is 5.41 Å². The normalized spacial score (nSPS) is 13.8. The Morgan fingerprint density at radius 3 is 2.11 bits per heavy atom. The van der Waals surface area contributed by atoms with E-state index in [1.165, 1.54) is 27.9 Å². The van der Waals surface area contributed by atoms with Gasteiger partial charge in [0.2, 0.25) is 0 Å². The fourth-order valence-electron chi connectivity index (χ4n) is 3.52. The van der Waals surface area contributed by atoms with Crippen LogP contribution in [0.3, 0.4) is 0 Å². The van der Waals surface area contributed by atoms with Crippen molar-refractivity contribution in [3.63, 3.8) is 0 Å². The van der Waals surface area contributed by atoms with Crippen molar-refractivity contribution >= 4 is 5.69 Å². The van der Waals surface area contributed by atoms with Crippen LogP contribution in [0, 0.1) is 0 Å². The molecule has 2 heteroatoms. The summed E-state index contributed by atoms with van der Waals surface area (Å²) >= 11 is 0. The molecule has 0 unspecified atom stereocenters. The first-order valence-electron chi connectivity index (χ1n) is 9.63. The average molecular weight is 357 g/mol. The Kier molecular flexibility index (Phi) is 4.65. The lowest BCUT2D eigenvalue weighted by molar-refractivity contribution is 0.289. The first-order chi connectivity index (χ1) is 13.0. The molecule has 0 saturated carbocycles. The summed E-state index contributed by atoms with van der Waals surface area (Å²) in [6.45, 7) is 8.25. The van der Waals surface area contributed by atoms with E-state index in [1.54, 1.807) is 0 Å². The zero-order valence-electron chi connectivity index (χ0n) is 16.4. The third kappa shape index (κ3) is 4.00. The maximum Gasteiger partial charge on any atom is 0.161 e. The average Bonchev–Trinajstić information content (AvgIpc) is 2.68. The van der Waals surface area contributed by atoms with Crippen LogP contribution in [0.1, 0.15) is 43.0 Å². The molecule has 0 spiro atoms. The lowest BCUT2D eigenvalue weighted by Gasteiger charge is -2.30. The van der Waals surface area contributed by atoms with E-state index < -0.39 is 0 Å².